The lowest BCUT2D eigenvalue weighted by atomic mass is 10.2. The minimum atomic E-state index is -1.63. The summed E-state index contributed by atoms with van der Waals surface area (Å²) in [7, 11) is -1.63. The van der Waals surface area contributed by atoms with E-state index in [1.807, 2.05) is 0 Å². The molecule has 1 heterocycles. The van der Waals surface area contributed by atoms with Gasteiger partial charge in [-0.3, -0.25) is 0 Å². The minimum absolute atomic E-state index is 0.806. The maximum Gasteiger partial charge on any atom is 0.612 e. The van der Waals surface area contributed by atoms with Crippen LogP contribution < -0.4 is 0 Å². The van der Waals surface area contributed by atoms with E-state index in [1.54, 1.807) is 0 Å². The van der Waals surface area contributed by atoms with Gasteiger partial charge in [-0.25, -0.2) is 4.59 Å². The van der Waals surface area contributed by atoms with Crippen molar-refractivity contribution in [2.45, 2.75) is 0 Å². The number of nitrogens with zero attached hydrogens (tertiary/aromatic N) is 4. The van der Waals surface area contributed by atoms with Crippen molar-refractivity contribution < 1.29 is 10.0 Å². The van der Waals surface area contributed by atoms with Gasteiger partial charge in [0.2, 0.25) is 0 Å². The van der Waals surface area contributed by atoms with E-state index in [0.717, 1.165) is 10.9 Å². The van der Waals surface area contributed by atoms with Gasteiger partial charge in [-0.1, -0.05) is 5.21 Å². The lowest BCUT2D eigenvalue weighted by molar-refractivity contribution is 0.380. The molecule has 0 unspecified atom stereocenters. The average Bonchev–Trinajstić information content (AvgIpc) is 2.12. The first-order chi connectivity index (χ1) is 3.80. The molecule has 8 heavy (non-hydrogen) atoms. The van der Waals surface area contributed by atoms with E-state index in [9.17, 15) is 0 Å². The molecule has 2 N–H and O–H groups in total. The molecule has 7 heteroatoms. The van der Waals surface area contributed by atoms with Gasteiger partial charge in [0.25, 0.3) is 0 Å². The fourth-order valence-corrected chi connectivity index (χ4v) is 0.274. The molecule has 0 amide bonds. The maximum atomic E-state index is 8.29. The molecule has 0 saturated carbocycles. The molecule has 1 aromatic heterocycles. The minimum Gasteiger partial charge on any atom is -0.406 e. The Hall–Kier alpha value is -0.945. The van der Waals surface area contributed by atoms with Gasteiger partial charge in [-0.05, 0) is 5.21 Å². The quantitative estimate of drug-likeness (QED) is 0.394. The number of hydrogen-bond donors (Lipinski definition) is 2. The van der Waals surface area contributed by atoms with Crippen molar-refractivity contribution in [3.8, 4) is 0 Å². The van der Waals surface area contributed by atoms with Crippen molar-refractivity contribution in [1.29, 1.82) is 0 Å². The summed E-state index contributed by atoms with van der Waals surface area (Å²) in [4.78, 5) is 0. The molecule has 0 aliphatic rings. The molecule has 0 aliphatic heterocycles. The van der Waals surface area contributed by atoms with Crippen LogP contribution in [0.3, 0.4) is 0 Å². The summed E-state index contributed by atoms with van der Waals surface area (Å²) < 4.78 is 0.806. The smallest absolute Gasteiger partial charge is 0.406 e. The van der Waals surface area contributed by atoms with Gasteiger partial charge in [0, 0.05) is 0 Å². The van der Waals surface area contributed by atoms with E-state index < -0.39 is 7.25 Å². The van der Waals surface area contributed by atoms with E-state index in [0.29, 0.717) is 0 Å². The summed E-state index contributed by atoms with van der Waals surface area (Å²) in [5, 5.41) is 26.1. The number of rotatable bonds is 1. The number of hydrogen-bond acceptors (Lipinski definition) is 5. The maximum absolute atomic E-state index is 8.29. The Morgan fingerprint density at radius 2 is 2.25 bits per heavy atom. The predicted molar refractivity (Wildman–Crippen MR) is 23.4 cm³/mol. The van der Waals surface area contributed by atoms with E-state index in [2.05, 4.69) is 15.5 Å². The summed E-state index contributed by atoms with van der Waals surface area (Å²) in [5.41, 5.74) is 0. The SMILES string of the molecule is OB(O)n1cnnn1. The van der Waals surface area contributed by atoms with E-state index in [-0.39, 0.29) is 0 Å². The second kappa shape index (κ2) is 1.89. The number of tetrazole rings is 1. The van der Waals surface area contributed by atoms with Crippen LogP contribution in [0.1, 0.15) is 0 Å². The zero-order valence-electron chi connectivity index (χ0n) is 3.84. The second-order valence-corrected chi connectivity index (χ2v) is 1.14. The molecule has 1 rings (SSSR count). The monoisotopic (exact) mass is 114 g/mol. The molecular formula is CH3BN4O2. The Bertz CT molecular complexity index is 149. The van der Waals surface area contributed by atoms with Crippen LogP contribution in [0.25, 0.3) is 0 Å². The fraction of sp³-hybridized carbons (Fsp3) is 0. The highest BCUT2D eigenvalue weighted by atomic mass is 16.4. The van der Waals surface area contributed by atoms with Crippen LogP contribution in [0, 0.1) is 0 Å². The normalized spacial score (nSPS) is 9.25. The van der Waals surface area contributed by atoms with Crippen LogP contribution in [-0.4, -0.2) is 37.4 Å². The molecule has 1 aromatic rings. The van der Waals surface area contributed by atoms with Gasteiger partial charge in [0.15, 0.2) is 0 Å². The third kappa shape index (κ3) is 0.822. The molecule has 42 valence electrons. The highest BCUT2D eigenvalue weighted by Crippen LogP contribution is 1.71. The van der Waals surface area contributed by atoms with Gasteiger partial charge < -0.3 is 10.0 Å². The fourth-order valence-electron chi connectivity index (χ4n) is 0.274. The first-order valence-corrected chi connectivity index (χ1v) is 1.89. The topological polar surface area (TPSA) is 84.1 Å². The second-order valence-electron chi connectivity index (χ2n) is 1.14. The summed E-state index contributed by atoms with van der Waals surface area (Å²) in [6, 6.07) is 0. The Labute approximate surface area is 44.9 Å². The molecule has 0 aliphatic carbocycles. The molecule has 0 fully saturated rings. The Morgan fingerprint density at radius 3 is 2.50 bits per heavy atom. The van der Waals surface area contributed by atoms with Crippen LogP contribution in [0.15, 0.2) is 6.33 Å². The summed E-state index contributed by atoms with van der Waals surface area (Å²) in [5.74, 6) is 0. The first kappa shape index (κ1) is 5.20. The van der Waals surface area contributed by atoms with E-state index in [4.69, 9.17) is 10.0 Å². The van der Waals surface area contributed by atoms with E-state index in [1.165, 1.54) is 0 Å². The van der Waals surface area contributed by atoms with Crippen molar-refractivity contribution in [3.63, 3.8) is 0 Å². The van der Waals surface area contributed by atoms with Gasteiger partial charge in [0.1, 0.15) is 6.33 Å². The van der Waals surface area contributed by atoms with Gasteiger partial charge in [-0.2, -0.15) is 0 Å². The highest BCUT2D eigenvalue weighted by Gasteiger charge is 2.10. The zero-order chi connectivity index (χ0) is 5.98. The summed E-state index contributed by atoms with van der Waals surface area (Å²) >= 11 is 0. The van der Waals surface area contributed by atoms with Gasteiger partial charge in [-0.15, -0.1) is 5.10 Å². The molecule has 0 aromatic carbocycles. The average molecular weight is 114 g/mol. The van der Waals surface area contributed by atoms with Crippen LogP contribution in [0.4, 0.5) is 0 Å². The van der Waals surface area contributed by atoms with Crippen LogP contribution in [-0.2, 0) is 0 Å². The number of aromatic nitrogens is 4. The largest absolute Gasteiger partial charge is 0.612 e. The van der Waals surface area contributed by atoms with Crippen LogP contribution in [0.5, 0.6) is 0 Å². The lowest BCUT2D eigenvalue weighted by Gasteiger charge is -1.89. The summed E-state index contributed by atoms with van der Waals surface area (Å²) in [6.07, 6.45) is 1.10. The van der Waals surface area contributed by atoms with Crippen molar-refractivity contribution in [3.05, 3.63) is 6.33 Å². The third-order valence-corrected chi connectivity index (χ3v) is 0.601. The molecule has 0 spiro atoms. The Kier molecular flexibility index (Phi) is 1.23. The molecule has 0 atom stereocenters. The highest BCUT2D eigenvalue weighted by molar-refractivity contribution is 6.38. The Morgan fingerprint density at radius 1 is 1.50 bits per heavy atom. The van der Waals surface area contributed by atoms with Crippen molar-refractivity contribution in [2.75, 3.05) is 0 Å². The molecule has 0 bridgehead atoms. The van der Waals surface area contributed by atoms with Crippen molar-refractivity contribution in [2.24, 2.45) is 0 Å². The van der Waals surface area contributed by atoms with Crippen LogP contribution >= 0.6 is 0 Å². The molecule has 0 radical (unpaired) electrons. The van der Waals surface area contributed by atoms with Gasteiger partial charge >= 0.3 is 7.25 Å². The third-order valence-electron chi connectivity index (χ3n) is 0.601. The molecule has 0 saturated heterocycles. The standard InChI is InChI=1S/CH3BN4O2/c7-2(8)6-1-3-4-5-6/h1,7-8H. The van der Waals surface area contributed by atoms with Crippen molar-refractivity contribution >= 4 is 7.25 Å². The molecule has 6 nitrogen and oxygen atoms in total. The van der Waals surface area contributed by atoms with Crippen molar-refractivity contribution in [1.82, 2.24) is 20.1 Å². The Balaban J connectivity index is 2.77. The van der Waals surface area contributed by atoms with Crippen LogP contribution in [0.2, 0.25) is 0 Å². The van der Waals surface area contributed by atoms with Gasteiger partial charge in [0.05, 0.1) is 0 Å². The van der Waals surface area contributed by atoms with E-state index >= 15 is 0 Å². The summed E-state index contributed by atoms with van der Waals surface area (Å²) in [6.45, 7) is 0. The first-order valence-electron chi connectivity index (χ1n) is 1.89. The predicted octanol–water partition coefficient (Wildman–Crippen LogP) is -2.51. The lowest BCUT2D eigenvalue weighted by Crippen LogP contribution is -2.24. The zero-order valence-corrected chi connectivity index (χ0v) is 3.84. The molecular weight excluding hydrogens is 111 g/mol.